The molecule has 0 saturated heterocycles. The molecule has 0 aliphatic carbocycles. The molecule has 0 unspecified atom stereocenters. The highest BCUT2D eigenvalue weighted by Gasteiger charge is 2.07. The van der Waals surface area contributed by atoms with Crippen LogP contribution in [0.4, 0.5) is 0 Å². The zero-order valence-corrected chi connectivity index (χ0v) is 7.38. The van der Waals surface area contributed by atoms with Gasteiger partial charge in [0, 0.05) is 17.0 Å². The van der Waals surface area contributed by atoms with Gasteiger partial charge in [-0.05, 0) is 6.07 Å². The van der Waals surface area contributed by atoms with Gasteiger partial charge < -0.3 is 5.84 Å². The Balaban J connectivity index is 2.69. The van der Waals surface area contributed by atoms with Gasteiger partial charge in [-0.3, -0.25) is 0 Å². The van der Waals surface area contributed by atoms with Crippen molar-refractivity contribution in [1.29, 1.82) is 0 Å². The van der Waals surface area contributed by atoms with Gasteiger partial charge in [0.05, 0.1) is 5.52 Å². The van der Waals surface area contributed by atoms with Gasteiger partial charge in [-0.2, -0.15) is 0 Å². The second kappa shape index (κ2) is 2.45. The van der Waals surface area contributed by atoms with Crippen LogP contribution in [0.2, 0.25) is 0 Å². The van der Waals surface area contributed by atoms with Crippen LogP contribution in [0.25, 0.3) is 21.9 Å². The van der Waals surface area contributed by atoms with Crippen molar-refractivity contribution in [3.63, 3.8) is 0 Å². The third kappa shape index (κ3) is 0.771. The maximum atomic E-state index is 5.90. The van der Waals surface area contributed by atoms with E-state index in [2.05, 4.69) is 9.97 Å². The molecule has 0 aliphatic rings. The van der Waals surface area contributed by atoms with Crippen LogP contribution in [-0.4, -0.2) is 14.6 Å². The van der Waals surface area contributed by atoms with Crippen molar-refractivity contribution in [2.45, 2.75) is 0 Å². The fraction of sp³-hybridized carbons (Fsp3) is 0. The summed E-state index contributed by atoms with van der Waals surface area (Å²) < 4.78 is 1.59. The first-order chi connectivity index (χ1) is 6.88. The average molecular weight is 184 g/mol. The molecule has 0 amide bonds. The summed E-state index contributed by atoms with van der Waals surface area (Å²) in [6.45, 7) is 0. The van der Waals surface area contributed by atoms with E-state index in [9.17, 15) is 0 Å². The van der Waals surface area contributed by atoms with Crippen molar-refractivity contribution in [1.82, 2.24) is 14.6 Å². The lowest BCUT2D eigenvalue weighted by Gasteiger charge is -1.94. The van der Waals surface area contributed by atoms with Crippen LogP contribution in [-0.2, 0) is 0 Å². The fourth-order valence-corrected chi connectivity index (χ4v) is 1.73. The predicted octanol–water partition coefficient (Wildman–Crippen LogP) is 1.30. The van der Waals surface area contributed by atoms with Crippen LogP contribution in [0.1, 0.15) is 0 Å². The van der Waals surface area contributed by atoms with E-state index in [-0.39, 0.29) is 0 Å². The summed E-state index contributed by atoms with van der Waals surface area (Å²) in [6.07, 6.45) is 3.29. The van der Waals surface area contributed by atoms with Gasteiger partial charge in [0.2, 0.25) is 0 Å². The number of rotatable bonds is 0. The highest BCUT2D eigenvalue weighted by Crippen LogP contribution is 2.23. The molecule has 1 aromatic carbocycles. The summed E-state index contributed by atoms with van der Waals surface area (Å²) in [5.41, 5.74) is 1.74. The molecule has 0 fully saturated rings. The molecular formula is C10H8N4. The molecule has 2 aromatic heterocycles. The predicted molar refractivity (Wildman–Crippen MR) is 55.2 cm³/mol. The number of nitrogens with zero attached hydrogens (tertiary/aromatic N) is 3. The average Bonchev–Trinajstić information content (AvgIpc) is 2.55. The lowest BCUT2D eigenvalue weighted by molar-refractivity contribution is 1.06. The Morgan fingerprint density at radius 3 is 2.93 bits per heavy atom. The summed E-state index contributed by atoms with van der Waals surface area (Å²) in [5, 5.41) is 2.08. The second-order valence-corrected chi connectivity index (χ2v) is 3.15. The van der Waals surface area contributed by atoms with Gasteiger partial charge in [-0.25, -0.2) is 14.6 Å². The largest absolute Gasteiger partial charge is 0.337 e. The quantitative estimate of drug-likeness (QED) is 0.536. The first-order valence-electron chi connectivity index (χ1n) is 4.32. The molecule has 0 spiro atoms. The summed E-state index contributed by atoms with van der Waals surface area (Å²) in [6, 6.07) is 7.92. The minimum absolute atomic E-state index is 0.765. The summed E-state index contributed by atoms with van der Waals surface area (Å²) in [4.78, 5) is 8.14. The van der Waals surface area contributed by atoms with Crippen molar-refractivity contribution >= 4 is 21.9 Å². The van der Waals surface area contributed by atoms with E-state index in [1.54, 1.807) is 10.9 Å². The van der Waals surface area contributed by atoms with E-state index in [0.717, 1.165) is 21.9 Å². The fourth-order valence-electron chi connectivity index (χ4n) is 1.73. The van der Waals surface area contributed by atoms with Crippen LogP contribution in [0.15, 0.2) is 36.8 Å². The number of para-hydroxylation sites is 1. The number of benzene rings is 1. The topological polar surface area (TPSA) is 56.7 Å². The number of nitrogens with two attached hydrogens (primary N) is 1. The van der Waals surface area contributed by atoms with E-state index < -0.39 is 0 Å². The Morgan fingerprint density at radius 1 is 1.14 bits per heavy atom. The first kappa shape index (κ1) is 7.32. The Morgan fingerprint density at radius 2 is 2.00 bits per heavy atom. The van der Waals surface area contributed by atoms with Crippen molar-refractivity contribution in [3.8, 4) is 0 Å². The molecule has 0 atom stereocenters. The van der Waals surface area contributed by atoms with Crippen LogP contribution >= 0.6 is 0 Å². The smallest absolute Gasteiger partial charge is 0.162 e. The van der Waals surface area contributed by atoms with Crippen LogP contribution in [0.3, 0.4) is 0 Å². The standard InChI is InChI=1S/C10H8N4/c11-14-9-4-2-1-3-7(9)8-5-12-6-13-10(8)14/h1-6H,11H2. The number of nitrogen functional groups attached to an aromatic ring is 1. The summed E-state index contributed by atoms with van der Waals surface area (Å²) in [5.74, 6) is 5.90. The van der Waals surface area contributed by atoms with Crippen molar-refractivity contribution in [2.75, 3.05) is 5.84 Å². The Labute approximate surface area is 80.0 Å². The van der Waals surface area contributed by atoms with Crippen molar-refractivity contribution in [2.24, 2.45) is 0 Å². The number of fused-ring (bicyclic) bond motifs is 3. The molecular weight excluding hydrogens is 176 g/mol. The minimum atomic E-state index is 0.765. The zero-order chi connectivity index (χ0) is 9.54. The molecule has 0 radical (unpaired) electrons. The van der Waals surface area contributed by atoms with Crippen LogP contribution < -0.4 is 5.84 Å². The SMILES string of the molecule is Nn1c2ccccc2c2cncnc21. The van der Waals surface area contributed by atoms with Gasteiger partial charge in [0.1, 0.15) is 6.33 Å². The van der Waals surface area contributed by atoms with E-state index in [4.69, 9.17) is 5.84 Å². The van der Waals surface area contributed by atoms with Gasteiger partial charge in [0.15, 0.2) is 5.65 Å². The molecule has 4 nitrogen and oxygen atoms in total. The zero-order valence-electron chi connectivity index (χ0n) is 7.38. The summed E-state index contributed by atoms with van der Waals surface area (Å²) in [7, 11) is 0. The van der Waals surface area contributed by atoms with E-state index in [0.29, 0.717) is 0 Å². The Hall–Kier alpha value is -2.10. The van der Waals surface area contributed by atoms with Gasteiger partial charge in [-0.15, -0.1) is 0 Å². The van der Waals surface area contributed by atoms with Crippen molar-refractivity contribution < 1.29 is 0 Å². The summed E-state index contributed by atoms with van der Waals surface area (Å²) >= 11 is 0. The third-order valence-electron chi connectivity index (χ3n) is 2.37. The molecule has 14 heavy (non-hydrogen) atoms. The van der Waals surface area contributed by atoms with Gasteiger partial charge in [-0.1, -0.05) is 18.2 Å². The van der Waals surface area contributed by atoms with E-state index in [1.807, 2.05) is 24.3 Å². The molecule has 3 rings (SSSR count). The lowest BCUT2D eigenvalue weighted by atomic mass is 10.2. The second-order valence-electron chi connectivity index (χ2n) is 3.15. The molecule has 3 aromatic rings. The molecule has 68 valence electrons. The molecule has 2 heterocycles. The molecule has 2 N–H and O–H groups in total. The highest BCUT2D eigenvalue weighted by molar-refractivity contribution is 6.06. The number of hydrogen-bond donors (Lipinski definition) is 1. The van der Waals surface area contributed by atoms with Crippen molar-refractivity contribution in [3.05, 3.63) is 36.8 Å². The molecule has 0 saturated carbocycles. The minimum Gasteiger partial charge on any atom is -0.337 e. The number of aromatic nitrogens is 3. The Kier molecular flexibility index (Phi) is 1.28. The Bertz CT molecular complexity index is 558. The van der Waals surface area contributed by atoms with Crippen LogP contribution in [0.5, 0.6) is 0 Å². The van der Waals surface area contributed by atoms with Gasteiger partial charge in [0.25, 0.3) is 0 Å². The first-order valence-corrected chi connectivity index (χ1v) is 4.32. The molecule has 0 bridgehead atoms. The maximum Gasteiger partial charge on any atom is 0.162 e. The maximum absolute atomic E-state index is 5.90. The highest BCUT2D eigenvalue weighted by atomic mass is 15.3. The number of hydrogen-bond acceptors (Lipinski definition) is 3. The monoisotopic (exact) mass is 184 g/mol. The lowest BCUT2D eigenvalue weighted by Crippen LogP contribution is -2.07. The van der Waals surface area contributed by atoms with Gasteiger partial charge >= 0.3 is 0 Å². The van der Waals surface area contributed by atoms with E-state index in [1.165, 1.54) is 6.33 Å². The van der Waals surface area contributed by atoms with Crippen LogP contribution in [0, 0.1) is 0 Å². The molecule has 4 heteroatoms. The van der Waals surface area contributed by atoms with E-state index >= 15 is 0 Å². The normalized spacial score (nSPS) is 11.1. The third-order valence-corrected chi connectivity index (χ3v) is 2.37. The molecule has 0 aliphatic heterocycles.